The topological polar surface area (TPSA) is 56.8 Å². The van der Waals surface area contributed by atoms with E-state index in [-0.39, 0.29) is 12.5 Å². The quantitative estimate of drug-likeness (QED) is 0.813. The third-order valence-electron chi connectivity index (χ3n) is 3.32. The molecule has 2 rings (SSSR count). The lowest BCUT2D eigenvalue weighted by Crippen LogP contribution is -2.30. The molecule has 5 heteroatoms. The minimum atomic E-state index is -0.163. The van der Waals surface area contributed by atoms with Crippen LogP contribution in [0.2, 0.25) is 0 Å². The van der Waals surface area contributed by atoms with Gasteiger partial charge in [0.1, 0.15) is 5.75 Å². The third kappa shape index (κ3) is 5.21. The zero-order valence-corrected chi connectivity index (χ0v) is 13.4. The molecule has 0 aliphatic rings. The maximum atomic E-state index is 11.8. The van der Waals surface area contributed by atoms with E-state index >= 15 is 0 Å². The van der Waals surface area contributed by atoms with E-state index in [2.05, 4.69) is 5.32 Å². The highest BCUT2D eigenvalue weighted by molar-refractivity contribution is 5.77. The molecule has 122 valence electrons. The van der Waals surface area contributed by atoms with Crippen LogP contribution in [0.15, 0.2) is 48.5 Å². The lowest BCUT2D eigenvalue weighted by Gasteiger charge is -2.10. The minimum absolute atomic E-state index is 0.0387. The summed E-state index contributed by atoms with van der Waals surface area (Å²) in [6.45, 7) is 0.517. The number of carbonyl (C=O) groups is 1. The van der Waals surface area contributed by atoms with Crippen molar-refractivity contribution in [3.05, 3.63) is 54.1 Å². The first kappa shape index (κ1) is 16.7. The van der Waals surface area contributed by atoms with Gasteiger partial charge in [-0.05, 0) is 36.2 Å². The van der Waals surface area contributed by atoms with Crippen LogP contribution in [-0.2, 0) is 11.2 Å². The lowest BCUT2D eigenvalue weighted by atomic mass is 10.1. The van der Waals surface area contributed by atoms with Gasteiger partial charge in [-0.25, -0.2) is 0 Å². The summed E-state index contributed by atoms with van der Waals surface area (Å²) in [6, 6.07) is 15.0. The predicted octanol–water partition coefficient (Wildman–Crippen LogP) is 2.44. The van der Waals surface area contributed by atoms with Gasteiger partial charge in [-0.2, -0.15) is 0 Å². The van der Waals surface area contributed by atoms with Crippen molar-refractivity contribution in [3.8, 4) is 17.2 Å². The first-order chi connectivity index (χ1) is 11.2. The van der Waals surface area contributed by atoms with E-state index < -0.39 is 0 Å². The van der Waals surface area contributed by atoms with Gasteiger partial charge in [-0.3, -0.25) is 4.79 Å². The van der Waals surface area contributed by atoms with Crippen molar-refractivity contribution < 1.29 is 19.0 Å². The Hall–Kier alpha value is -2.69. The molecular formula is C18H21NO4. The summed E-state index contributed by atoms with van der Waals surface area (Å²) in [6.07, 6.45) is 0.754. The number of hydrogen-bond acceptors (Lipinski definition) is 4. The number of carbonyl (C=O) groups excluding carboxylic acids is 1. The van der Waals surface area contributed by atoms with E-state index in [1.54, 1.807) is 26.4 Å². The third-order valence-corrected chi connectivity index (χ3v) is 3.32. The van der Waals surface area contributed by atoms with Gasteiger partial charge >= 0.3 is 0 Å². The zero-order valence-electron chi connectivity index (χ0n) is 13.4. The number of nitrogens with one attached hydrogen (secondary N) is 1. The molecule has 0 aromatic heterocycles. The number of ether oxygens (including phenoxy) is 3. The van der Waals surface area contributed by atoms with E-state index in [4.69, 9.17) is 14.2 Å². The van der Waals surface area contributed by atoms with Crippen LogP contribution in [0.25, 0.3) is 0 Å². The van der Waals surface area contributed by atoms with Crippen LogP contribution in [0.4, 0.5) is 0 Å². The standard InChI is InChI=1S/C18H21NO4/c1-21-15-9-7-14(8-10-15)11-12-19-18(20)13-23-17-6-4-3-5-16(17)22-2/h3-10H,11-13H2,1-2H3,(H,19,20). The molecule has 0 aliphatic heterocycles. The molecule has 0 unspecified atom stereocenters. The summed E-state index contributed by atoms with van der Waals surface area (Å²) in [5, 5.41) is 2.83. The Morgan fingerprint density at radius 3 is 2.30 bits per heavy atom. The van der Waals surface area contributed by atoms with Crippen molar-refractivity contribution in [2.75, 3.05) is 27.4 Å². The van der Waals surface area contributed by atoms with Crippen molar-refractivity contribution in [2.45, 2.75) is 6.42 Å². The SMILES string of the molecule is COc1ccc(CCNC(=O)COc2ccccc2OC)cc1. The van der Waals surface area contributed by atoms with Crippen LogP contribution in [0, 0.1) is 0 Å². The Labute approximate surface area is 136 Å². The van der Waals surface area contributed by atoms with Gasteiger partial charge in [0.05, 0.1) is 14.2 Å². The van der Waals surface area contributed by atoms with Gasteiger partial charge in [0.25, 0.3) is 5.91 Å². The Kier molecular flexibility index (Phi) is 6.29. The maximum Gasteiger partial charge on any atom is 0.257 e. The molecule has 0 bridgehead atoms. The highest BCUT2D eigenvalue weighted by Gasteiger charge is 2.06. The fourth-order valence-corrected chi connectivity index (χ4v) is 2.07. The Balaban J connectivity index is 1.72. The second-order valence-electron chi connectivity index (χ2n) is 4.89. The number of rotatable bonds is 8. The molecule has 0 aliphatic carbocycles. The summed E-state index contributed by atoms with van der Waals surface area (Å²) >= 11 is 0. The monoisotopic (exact) mass is 315 g/mol. The fraction of sp³-hybridized carbons (Fsp3) is 0.278. The van der Waals surface area contributed by atoms with E-state index in [9.17, 15) is 4.79 Å². The fourth-order valence-electron chi connectivity index (χ4n) is 2.07. The van der Waals surface area contributed by atoms with Crippen LogP contribution >= 0.6 is 0 Å². The zero-order chi connectivity index (χ0) is 16.5. The van der Waals surface area contributed by atoms with Gasteiger partial charge in [0.15, 0.2) is 18.1 Å². The second-order valence-corrected chi connectivity index (χ2v) is 4.89. The summed E-state index contributed by atoms with van der Waals surface area (Å²) < 4.78 is 15.7. The molecule has 0 atom stereocenters. The molecule has 2 aromatic carbocycles. The Morgan fingerprint density at radius 2 is 1.65 bits per heavy atom. The summed E-state index contributed by atoms with van der Waals surface area (Å²) in [5.41, 5.74) is 1.14. The average molecular weight is 315 g/mol. The van der Waals surface area contributed by atoms with E-state index in [0.717, 1.165) is 17.7 Å². The molecular weight excluding hydrogens is 294 g/mol. The molecule has 1 amide bonds. The van der Waals surface area contributed by atoms with E-state index in [1.165, 1.54) is 0 Å². The summed E-state index contributed by atoms with van der Waals surface area (Å²) in [7, 11) is 3.20. The van der Waals surface area contributed by atoms with Crippen molar-refractivity contribution in [1.29, 1.82) is 0 Å². The first-order valence-electron chi connectivity index (χ1n) is 7.38. The molecule has 0 radical (unpaired) electrons. The molecule has 2 aromatic rings. The van der Waals surface area contributed by atoms with Crippen LogP contribution < -0.4 is 19.5 Å². The summed E-state index contributed by atoms with van der Waals surface area (Å²) in [4.78, 5) is 11.8. The normalized spacial score (nSPS) is 10.0. The maximum absolute atomic E-state index is 11.8. The molecule has 0 spiro atoms. The predicted molar refractivity (Wildman–Crippen MR) is 88.2 cm³/mol. The second kappa shape index (κ2) is 8.68. The molecule has 0 heterocycles. The van der Waals surface area contributed by atoms with Crippen molar-refractivity contribution >= 4 is 5.91 Å². The highest BCUT2D eigenvalue weighted by Crippen LogP contribution is 2.25. The van der Waals surface area contributed by atoms with Gasteiger partial charge in [-0.1, -0.05) is 24.3 Å². The van der Waals surface area contributed by atoms with Crippen LogP contribution in [0.1, 0.15) is 5.56 Å². The van der Waals surface area contributed by atoms with E-state index in [0.29, 0.717) is 18.0 Å². The number of methoxy groups -OCH3 is 2. The van der Waals surface area contributed by atoms with E-state index in [1.807, 2.05) is 36.4 Å². The van der Waals surface area contributed by atoms with Gasteiger partial charge in [0.2, 0.25) is 0 Å². The molecule has 0 fully saturated rings. The first-order valence-corrected chi connectivity index (χ1v) is 7.38. The van der Waals surface area contributed by atoms with Gasteiger partial charge in [-0.15, -0.1) is 0 Å². The Bertz CT molecular complexity index is 625. The smallest absolute Gasteiger partial charge is 0.257 e. The highest BCUT2D eigenvalue weighted by atomic mass is 16.5. The minimum Gasteiger partial charge on any atom is -0.497 e. The largest absolute Gasteiger partial charge is 0.497 e. The molecule has 23 heavy (non-hydrogen) atoms. The van der Waals surface area contributed by atoms with Crippen molar-refractivity contribution in [2.24, 2.45) is 0 Å². The number of para-hydroxylation sites is 2. The molecule has 5 nitrogen and oxygen atoms in total. The van der Waals surface area contributed by atoms with Gasteiger partial charge < -0.3 is 19.5 Å². The van der Waals surface area contributed by atoms with Crippen LogP contribution in [-0.4, -0.2) is 33.3 Å². The Morgan fingerprint density at radius 1 is 0.957 bits per heavy atom. The number of benzene rings is 2. The van der Waals surface area contributed by atoms with Gasteiger partial charge in [0, 0.05) is 6.54 Å². The van der Waals surface area contributed by atoms with Crippen LogP contribution in [0.5, 0.6) is 17.2 Å². The number of hydrogen-bond donors (Lipinski definition) is 1. The van der Waals surface area contributed by atoms with Crippen LogP contribution in [0.3, 0.4) is 0 Å². The molecule has 1 N–H and O–H groups in total. The average Bonchev–Trinajstić information content (AvgIpc) is 2.60. The number of amides is 1. The van der Waals surface area contributed by atoms with Crippen molar-refractivity contribution in [3.63, 3.8) is 0 Å². The molecule has 0 saturated heterocycles. The lowest BCUT2D eigenvalue weighted by molar-refractivity contribution is -0.123. The van der Waals surface area contributed by atoms with Crippen molar-refractivity contribution in [1.82, 2.24) is 5.32 Å². The summed E-state index contributed by atoms with van der Waals surface area (Å²) in [5.74, 6) is 1.83. The molecule has 0 saturated carbocycles.